The normalized spacial score (nSPS) is 13.8. The van der Waals surface area contributed by atoms with E-state index in [0.717, 1.165) is 35.8 Å². The molecule has 1 amide bonds. The van der Waals surface area contributed by atoms with Crippen LogP contribution in [0.3, 0.4) is 0 Å². The van der Waals surface area contributed by atoms with Crippen molar-refractivity contribution in [3.63, 3.8) is 0 Å². The molecule has 2 aromatic heterocycles. The lowest BCUT2D eigenvalue weighted by Crippen LogP contribution is -2.49. The molecule has 3 heterocycles. The largest absolute Gasteiger partial charge is 0.441 e. The summed E-state index contributed by atoms with van der Waals surface area (Å²) in [6.07, 6.45) is 4.40. The second kappa shape index (κ2) is 9.65. The lowest BCUT2D eigenvalue weighted by Gasteiger charge is -2.35. The number of carbonyl (C=O) groups is 1. The molecule has 0 radical (unpaired) electrons. The quantitative estimate of drug-likeness (QED) is 0.451. The molecule has 166 valence electrons. The summed E-state index contributed by atoms with van der Waals surface area (Å²) in [6, 6.07) is 21.7. The van der Waals surface area contributed by atoms with Gasteiger partial charge in [-0.25, -0.2) is 15.0 Å². The third-order valence-electron chi connectivity index (χ3n) is 5.79. The average Bonchev–Trinajstić information content (AvgIpc) is 3.38. The van der Waals surface area contributed by atoms with Gasteiger partial charge in [0, 0.05) is 56.3 Å². The molecule has 0 spiro atoms. The highest BCUT2D eigenvalue weighted by Gasteiger charge is 2.22. The number of carbonyl (C=O) groups excluding carboxylic acids is 1. The first kappa shape index (κ1) is 20.9. The highest BCUT2D eigenvalue weighted by molar-refractivity contribution is 5.76. The third kappa shape index (κ3) is 4.92. The smallest absolute Gasteiger partial charge is 0.223 e. The van der Waals surface area contributed by atoms with Crippen molar-refractivity contribution in [1.82, 2.24) is 19.9 Å². The van der Waals surface area contributed by atoms with Crippen LogP contribution in [0.2, 0.25) is 0 Å². The monoisotopic (exact) mass is 439 g/mol. The second-order valence-electron chi connectivity index (χ2n) is 7.96. The highest BCUT2D eigenvalue weighted by Crippen LogP contribution is 2.21. The maximum Gasteiger partial charge on any atom is 0.223 e. The van der Waals surface area contributed by atoms with Crippen molar-refractivity contribution in [2.24, 2.45) is 0 Å². The van der Waals surface area contributed by atoms with E-state index in [1.807, 2.05) is 71.6 Å². The molecule has 4 aromatic rings. The molecular weight excluding hydrogens is 414 g/mol. The van der Waals surface area contributed by atoms with E-state index >= 15 is 0 Å². The predicted molar refractivity (Wildman–Crippen MR) is 127 cm³/mol. The van der Waals surface area contributed by atoms with Crippen LogP contribution < -0.4 is 4.90 Å². The minimum Gasteiger partial charge on any atom is -0.441 e. The third-order valence-corrected chi connectivity index (χ3v) is 5.79. The Hall–Kier alpha value is -4.00. The molecule has 0 bridgehead atoms. The molecule has 7 nitrogen and oxygen atoms in total. The molecule has 0 atom stereocenters. The summed E-state index contributed by atoms with van der Waals surface area (Å²) >= 11 is 0. The highest BCUT2D eigenvalue weighted by atomic mass is 16.4. The summed E-state index contributed by atoms with van der Waals surface area (Å²) in [5.41, 5.74) is 1.98. The zero-order valence-electron chi connectivity index (χ0n) is 18.3. The van der Waals surface area contributed by atoms with Crippen LogP contribution in [0.25, 0.3) is 22.7 Å². The van der Waals surface area contributed by atoms with Gasteiger partial charge < -0.3 is 14.2 Å². The van der Waals surface area contributed by atoms with Crippen molar-refractivity contribution in [3.8, 4) is 22.7 Å². The Morgan fingerprint density at radius 2 is 1.55 bits per heavy atom. The van der Waals surface area contributed by atoms with Gasteiger partial charge in [-0.05, 0) is 6.07 Å². The topological polar surface area (TPSA) is 75.4 Å². The molecule has 1 aliphatic rings. The minimum atomic E-state index is 0.127. The summed E-state index contributed by atoms with van der Waals surface area (Å²) in [5, 5.41) is 0. The van der Waals surface area contributed by atoms with Crippen LogP contribution in [0.4, 0.5) is 5.82 Å². The number of benzene rings is 2. The molecule has 5 rings (SSSR count). The van der Waals surface area contributed by atoms with Gasteiger partial charge >= 0.3 is 0 Å². The first-order chi connectivity index (χ1) is 16.3. The molecule has 7 heteroatoms. The number of oxazole rings is 1. The number of aryl methyl sites for hydroxylation is 1. The van der Waals surface area contributed by atoms with Gasteiger partial charge in [0.2, 0.25) is 5.91 Å². The molecule has 0 aliphatic carbocycles. The van der Waals surface area contributed by atoms with Crippen LogP contribution in [-0.4, -0.2) is 51.9 Å². The van der Waals surface area contributed by atoms with Crippen molar-refractivity contribution >= 4 is 11.7 Å². The summed E-state index contributed by atoms with van der Waals surface area (Å²) in [6.45, 7) is 2.83. The lowest BCUT2D eigenvalue weighted by molar-refractivity contribution is -0.131. The molecular formula is C26H25N5O2. The van der Waals surface area contributed by atoms with E-state index < -0.39 is 0 Å². The summed E-state index contributed by atoms with van der Waals surface area (Å²) < 4.78 is 5.83. The van der Waals surface area contributed by atoms with Crippen molar-refractivity contribution in [3.05, 3.63) is 85.0 Å². The maximum absolute atomic E-state index is 12.7. The van der Waals surface area contributed by atoms with E-state index in [1.54, 1.807) is 12.4 Å². The van der Waals surface area contributed by atoms with Crippen LogP contribution in [0.5, 0.6) is 0 Å². The number of amides is 1. The Morgan fingerprint density at radius 1 is 0.848 bits per heavy atom. The SMILES string of the molecule is O=C(CCc1ncc(-c2ccccc2)o1)N1CCN(c2ccnc(-c3ccccc3)n2)CC1. The van der Waals surface area contributed by atoms with Crippen LogP contribution in [0.1, 0.15) is 12.3 Å². The van der Waals surface area contributed by atoms with E-state index in [-0.39, 0.29) is 5.91 Å². The zero-order valence-corrected chi connectivity index (χ0v) is 18.3. The molecule has 1 fully saturated rings. The molecule has 0 saturated carbocycles. The van der Waals surface area contributed by atoms with Gasteiger partial charge in [0.1, 0.15) is 5.82 Å². The van der Waals surface area contributed by atoms with Crippen molar-refractivity contribution < 1.29 is 9.21 Å². The first-order valence-corrected chi connectivity index (χ1v) is 11.2. The zero-order chi connectivity index (χ0) is 22.5. The van der Waals surface area contributed by atoms with E-state index in [0.29, 0.717) is 37.6 Å². The van der Waals surface area contributed by atoms with Crippen LogP contribution >= 0.6 is 0 Å². The Morgan fingerprint density at radius 3 is 2.27 bits per heavy atom. The minimum absolute atomic E-state index is 0.127. The summed E-state index contributed by atoms with van der Waals surface area (Å²) in [4.78, 5) is 30.3. The van der Waals surface area contributed by atoms with Crippen molar-refractivity contribution in [1.29, 1.82) is 0 Å². The van der Waals surface area contributed by atoms with Crippen LogP contribution in [-0.2, 0) is 11.2 Å². The number of aromatic nitrogens is 3. The van der Waals surface area contributed by atoms with Gasteiger partial charge in [-0.15, -0.1) is 0 Å². The Balaban J connectivity index is 1.14. The van der Waals surface area contributed by atoms with Gasteiger partial charge in [0.05, 0.1) is 6.20 Å². The van der Waals surface area contributed by atoms with Gasteiger partial charge in [-0.1, -0.05) is 60.7 Å². The molecule has 1 aliphatic heterocycles. The fourth-order valence-electron chi connectivity index (χ4n) is 3.97. The fraction of sp³-hybridized carbons (Fsp3) is 0.231. The maximum atomic E-state index is 12.7. The lowest BCUT2D eigenvalue weighted by atomic mass is 10.2. The summed E-state index contributed by atoms with van der Waals surface area (Å²) in [5.74, 6) is 3.06. The standard InChI is InChI=1S/C26H25N5O2/c32-25(12-11-24-28-19-22(33-24)20-7-3-1-4-8-20)31-17-15-30(16-18-31)23-13-14-27-26(29-23)21-9-5-2-6-10-21/h1-10,13-14,19H,11-12,15-18H2. The van der Waals surface area contributed by atoms with Crippen molar-refractivity contribution in [2.45, 2.75) is 12.8 Å². The Bertz CT molecular complexity index is 1200. The number of nitrogens with zero attached hydrogens (tertiary/aromatic N) is 5. The molecule has 0 N–H and O–H groups in total. The van der Waals surface area contributed by atoms with E-state index in [1.165, 1.54) is 0 Å². The van der Waals surface area contributed by atoms with E-state index in [2.05, 4.69) is 14.9 Å². The van der Waals surface area contributed by atoms with Crippen LogP contribution in [0.15, 0.2) is 83.5 Å². The fourth-order valence-corrected chi connectivity index (χ4v) is 3.97. The van der Waals surface area contributed by atoms with Gasteiger partial charge in [0.15, 0.2) is 17.5 Å². The molecule has 1 saturated heterocycles. The number of piperazine rings is 1. The van der Waals surface area contributed by atoms with Gasteiger partial charge in [0.25, 0.3) is 0 Å². The van der Waals surface area contributed by atoms with Crippen molar-refractivity contribution in [2.75, 3.05) is 31.1 Å². The first-order valence-electron chi connectivity index (χ1n) is 11.2. The van der Waals surface area contributed by atoms with E-state index in [4.69, 9.17) is 9.40 Å². The predicted octanol–water partition coefficient (Wildman–Crippen LogP) is 4.08. The number of hydrogen-bond acceptors (Lipinski definition) is 6. The van der Waals surface area contributed by atoms with Gasteiger partial charge in [-0.2, -0.15) is 0 Å². The molecule has 33 heavy (non-hydrogen) atoms. The number of hydrogen-bond donors (Lipinski definition) is 0. The van der Waals surface area contributed by atoms with E-state index in [9.17, 15) is 4.79 Å². The second-order valence-corrected chi connectivity index (χ2v) is 7.96. The number of rotatable bonds is 6. The Kier molecular flexibility index (Phi) is 6.10. The number of anilines is 1. The molecule has 2 aromatic carbocycles. The molecule has 0 unspecified atom stereocenters. The van der Waals surface area contributed by atoms with Crippen LogP contribution in [0, 0.1) is 0 Å². The Labute approximate surface area is 192 Å². The van der Waals surface area contributed by atoms with Gasteiger partial charge in [-0.3, -0.25) is 4.79 Å². The average molecular weight is 440 g/mol. The summed E-state index contributed by atoms with van der Waals surface area (Å²) in [7, 11) is 0.